The van der Waals surface area contributed by atoms with Crippen molar-refractivity contribution in [1.82, 2.24) is 9.88 Å². The number of amides is 2. The molecular formula is C15H16ClN3O2S. The zero-order valence-corrected chi connectivity index (χ0v) is 13.9. The molecule has 116 valence electrons. The first kappa shape index (κ1) is 16.5. The van der Waals surface area contributed by atoms with E-state index >= 15 is 0 Å². The molecule has 0 spiro atoms. The summed E-state index contributed by atoms with van der Waals surface area (Å²) in [6.45, 7) is 2.50. The molecule has 0 aliphatic heterocycles. The lowest BCUT2D eigenvalue weighted by Gasteiger charge is -2.17. The van der Waals surface area contributed by atoms with Crippen LogP contribution in [0.1, 0.15) is 31.4 Å². The molecule has 0 fully saturated rings. The topological polar surface area (TPSA) is 76.3 Å². The van der Waals surface area contributed by atoms with Gasteiger partial charge in [-0.25, -0.2) is 4.98 Å². The zero-order valence-electron chi connectivity index (χ0n) is 12.3. The highest BCUT2D eigenvalue weighted by Crippen LogP contribution is 2.18. The first-order chi connectivity index (χ1) is 10.4. The number of aryl methyl sites for hydroxylation is 1. The van der Waals surface area contributed by atoms with Gasteiger partial charge in [0.25, 0.3) is 5.91 Å². The fraction of sp³-hybridized carbons (Fsp3) is 0.267. The van der Waals surface area contributed by atoms with E-state index < -0.39 is 5.91 Å². The number of likely N-dealkylation sites (N-methyl/N-ethyl adjacent to an activating group) is 1. The van der Waals surface area contributed by atoms with Crippen LogP contribution in [0.5, 0.6) is 0 Å². The summed E-state index contributed by atoms with van der Waals surface area (Å²) in [6, 6.07) is 4.49. The molecule has 0 saturated carbocycles. The van der Waals surface area contributed by atoms with Gasteiger partial charge in [0.2, 0.25) is 5.91 Å². The molecule has 2 rings (SSSR count). The standard InChI is InChI=1S/C15H16ClN3O2S/c1-9-8-22-13(18-9)5-6-19(2)15(21)10-3-4-11(14(17)20)12(16)7-10/h3-4,7-8H,5-6H2,1-2H3,(H2,17,20). The molecule has 0 bridgehead atoms. The monoisotopic (exact) mass is 337 g/mol. The van der Waals surface area contributed by atoms with E-state index in [-0.39, 0.29) is 16.5 Å². The smallest absolute Gasteiger partial charge is 0.253 e. The lowest BCUT2D eigenvalue weighted by atomic mass is 10.1. The second kappa shape index (κ2) is 6.89. The van der Waals surface area contributed by atoms with E-state index in [1.54, 1.807) is 29.4 Å². The van der Waals surface area contributed by atoms with Crippen LogP contribution in [0.15, 0.2) is 23.6 Å². The fourth-order valence-electron chi connectivity index (χ4n) is 1.95. The van der Waals surface area contributed by atoms with Gasteiger partial charge in [0, 0.05) is 36.7 Å². The van der Waals surface area contributed by atoms with Crippen LogP contribution < -0.4 is 5.73 Å². The number of carbonyl (C=O) groups is 2. The molecule has 22 heavy (non-hydrogen) atoms. The molecule has 0 saturated heterocycles. The third kappa shape index (κ3) is 3.84. The molecular weight excluding hydrogens is 322 g/mol. The lowest BCUT2D eigenvalue weighted by molar-refractivity contribution is 0.0796. The number of carbonyl (C=O) groups excluding carboxylic acids is 2. The van der Waals surface area contributed by atoms with Crippen LogP contribution in [0.4, 0.5) is 0 Å². The Labute approximate surface area is 137 Å². The van der Waals surface area contributed by atoms with Crippen LogP contribution in [0.2, 0.25) is 5.02 Å². The summed E-state index contributed by atoms with van der Waals surface area (Å²) in [6.07, 6.45) is 0.702. The van der Waals surface area contributed by atoms with Crippen LogP contribution in [0, 0.1) is 6.92 Å². The van der Waals surface area contributed by atoms with E-state index in [9.17, 15) is 9.59 Å². The van der Waals surface area contributed by atoms with Crippen LogP contribution in [-0.4, -0.2) is 35.3 Å². The maximum Gasteiger partial charge on any atom is 0.253 e. The Kier molecular flexibility index (Phi) is 5.15. The van der Waals surface area contributed by atoms with Gasteiger partial charge in [-0.15, -0.1) is 11.3 Å². The average Bonchev–Trinajstić information content (AvgIpc) is 2.89. The van der Waals surface area contributed by atoms with E-state index in [0.29, 0.717) is 18.5 Å². The predicted octanol–water partition coefficient (Wildman–Crippen LogP) is 2.52. The number of rotatable bonds is 5. The number of hydrogen-bond donors (Lipinski definition) is 1. The molecule has 2 N–H and O–H groups in total. The third-order valence-electron chi connectivity index (χ3n) is 3.16. The van der Waals surface area contributed by atoms with Gasteiger partial charge in [0.05, 0.1) is 15.6 Å². The van der Waals surface area contributed by atoms with Crippen molar-refractivity contribution < 1.29 is 9.59 Å². The van der Waals surface area contributed by atoms with E-state index in [1.165, 1.54) is 12.1 Å². The Balaban J connectivity index is 2.04. The van der Waals surface area contributed by atoms with E-state index in [1.807, 2.05) is 12.3 Å². The summed E-state index contributed by atoms with van der Waals surface area (Å²) in [5.41, 5.74) is 6.81. The summed E-state index contributed by atoms with van der Waals surface area (Å²) in [5.74, 6) is -0.775. The van der Waals surface area contributed by atoms with E-state index in [2.05, 4.69) is 4.98 Å². The maximum absolute atomic E-state index is 12.3. The number of halogens is 1. The van der Waals surface area contributed by atoms with Crippen molar-refractivity contribution in [2.45, 2.75) is 13.3 Å². The van der Waals surface area contributed by atoms with Gasteiger partial charge < -0.3 is 10.6 Å². The molecule has 0 unspecified atom stereocenters. The Morgan fingerprint density at radius 2 is 2.14 bits per heavy atom. The van der Waals surface area contributed by atoms with Gasteiger partial charge in [-0.3, -0.25) is 9.59 Å². The Morgan fingerprint density at radius 1 is 1.41 bits per heavy atom. The number of hydrogen-bond acceptors (Lipinski definition) is 4. The molecule has 2 amide bonds. The molecule has 2 aromatic rings. The highest BCUT2D eigenvalue weighted by atomic mass is 35.5. The van der Waals surface area contributed by atoms with Gasteiger partial charge in [0.1, 0.15) is 0 Å². The maximum atomic E-state index is 12.3. The number of benzene rings is 1. The molecule has 1 heterocycles. The fourth-order valence-corrected chi connectivity index (χ4v) is 2.99. The van der Waals surface area contributed by atoms with Crippen LogP contribution in [0.3, 0.4) is 0 Å². The summed E-state index contributed by atoms with van der Waals surface area (Å²) in [5, 5.41) is 3.17. The highest BCUT2D eigenvalue weighted by molar-refractivity contribution is 7.09. The Morgan fingerprint density at radius 3 is 2.68 bits per heavy atom. The second-order valence-electron chi connectivity index (χ2n) is 4.92. The van der Waals surface area contributed by atoms with Crippen LogP contribution in [0.25, 0.3) is 0 Å². The molecule has 0 aliphatic carbocycles. The van der Waals surface area contributed by atoms with Crippen molar-refractivity contribution in [3.63, 3.8) is 0 Å². The van der Waals surface area contributed by atoms with Gasteiger partial charge in [-0.05, 0) is 25.1 Å². The number of thiazole rings is 1. The molecule has 7 heteroatoms. The zero-order chi connectivity index (χ0) is 16.3. The minimum Gasteiger partial charge on any atom is -0.366 e. The van der Waals surface area contributed by atoms with Crippen molar-refractivity contribution in [3.8, 4) is 0 Å². The Hall–Kier alpha value is -1.92. The largest absolute Gasteiger partial charge is 0.366 e. The summed E-state index contributed by atoms with van der Waals surface area (Å²) in [4.78, 5) is 29.4. The van der Waals surface area contributed by atoms with Crippen molar-refractivity contribution in [2.75, 3.05) is 13.6 Å². The van der Waals surface area contributed by atoms with Gasteiger partial charge in [-0.2, -0.15) is 0 Å². The van der Waals surface area contributed by atoms with Gasteiger partial charge in [-0.1, -0.05) is 11.6 Å². The molecule has 1 aromatic carbocycles. The van der Waals surface area contributed by atoms with E-state index in [0.717, 1.165) is 10.7 Å². The summed E-state index contributed by atoms with van der Waals surface area (Å²) >= 11 is 7.55. The lowest BCUT2D eigenvalue weighted by Crippen LogP contribution is -2.29. The minimum absolute atomic E-state index is 0.161. The normalized spacial score (nSPS) is 10.5. The van der Waals surface area contributed by atoms with Crippen LogP contribution >= 0.6 is 22.9 Å². The highest BCUT2D eigenvalue weighted by Gasteiger charge is 2.15. The van der Waals surface area contributed by atoms with Gasteiger partial charge in [0.15, 0.2) is 0 Å². The molecule has 0 aliphatic rings. The van der Waals surface area contributed by atoms with Crippen molar-refractivity contribution in [2.24, 2.45) is 5.73 Å². The van der Waals surface area contributed by atoms with Crippen molar-refractivity contribution in [3.05, 3.63) is 50.4 Å². The van der Waals surface area contributed by atoms with Crippen LogP contribution in [-0.2, 0) is 6.42 Å². The number of nitrogens with two attached hydrogens (primary N) is 1. The predicted molar refractivity (Wildman–Crippen MR) is 87.5 cm³/mol. The first-order valence-corrected chi connectivity index (χ1v) is 7.90. The van der Waals surface area contributed by atoms with Crippen molar-refractivity contribution >= 4 is 34.8 Å². The Bertz CT molecular complexity index is 715. The quantitative estimate of drug-likeness (QED) is 0.910. The average molecular weight is 338 g/mol. The first-order valence-electron chi connectivity index (χ1n) is 6.64. The molecule has 5 nitrogen and oxygen atoms in total. The third-order valence-corrected chi connectivity index (χ3v) is 4.50. The summed E-state index contributed by atoms with van der Waals surface area (Å²) in [7, 11) is 1.72. The summed E-state index contributed by atoms with van der Waals surface area (Å²) < 4.78 is 0. The second-order valence-corrected chi connectivity index (χ2v) is 6.27. The van der Waals surface area contributed by atoms with Gasteiger partial charge >= 0.3 is 0 Å². The number of primary amides is 1. The minimum atomic E-state index is -0.614. The SMILES string of the molecule is Cc1csc(CCN(C)C(=O)c2ccc(C(N)=O)c(Cl)c2)n1. The van der Waals surface area contributed by atoms with E-state index in [4.69, 9.17) is 17.3 Å². The number of nitrogens with zero attached hydrogens (tertiary/aromatic N) is 2. The van der Waals surface area contributed by atoms with Crippen molar-refractivity contribution in [1.29, 1.82) is 0 Å². The molecule has 1 aromatic heterocycles. The molecule has 0 radical (unpaired) electrons. The number of aromatic nitrogens is 1. The molecule has 0 atom stereocenters.